The average molecular weight is 618 g/mol. The number of hydrogen-bond donors (Lipinski definition) is 2. The summed E-state index contributed by atoms with van der Waals surface area (Å²) in [6.45, 7) is 27.2. The Labute approximate surface area is 275 Å². The van der Waals surface area contributed by atoms with Crippen LogP contribution in [0, 0.1) is 5.92 Å². The van der Waals surface area contributed by atoms with E-state index in [0.29, 0.717) is 24.0 Å². The third kappa shape index (κ3) is 7.73. The van der Waals surface area contributed by atoms with Gasteiger partial charge in [-0.25, -0.2) is 5.43 Å². The standard InChI is InChI=1S/C38H63N7/c1-8-11-14-33(13-9-2)45-38(28(4)26-41-45)32-17-19-40-31(7)34-15-12-16-36-37(43-23-21-42(22-24-43)30(6)10-3)27-44(36)35(34)18-20-39-29(5)25-32/h10,18,20,29,32-33,36-37,40-41H,3,6,8-9,11-17,19,21-27H2,1-2,4-5,7H3. The highest BCUT2D eigenvalue weighted by molar-refractivity contribution is 5.74. The fourth-order valence-electron chi connectivity index (χ4n) is 8.62. The van der Waals surface area contributed by atoms with E-state index in [4.69, 9.17) is 4.99 Å². The van der Waals surface area contributed by atoms with Gasteiger partial charge in [0.1, 0.15) is 0 Å². The van der Waals surface area contributed by atoms with Gasteiger partial charge in [-0.15, -0.1) is 0 Å². The third-order valence-corrected chi connectivity index (χ3v) is 11.2. The minimum atomic E-state index is 0.287. The molecule has 5 aliphatic heterocycles. The van der Waals surface area contributed by atoms with Crippen LogP contribution in [-0.4, -0.2) is 95.9 Å². The fraction of sp³-hybridized carbons (Fsp3) is 0.711. The smallest absolute Gasteiger partial charge is 0.0477 e. The first-order valence-corrected chi connectivity index (χ1v) is 18.3. The van der Waals surface area contributed by atoms with Crippen LogP contribution in [0.15, 0.2) is 64.2 Å². The number of nitrogens with one attached hydrogen (secondary N) is 2. The van der Waals surface area contributed by atoms with Crippen molar-refractivity contribution in [1.29, 1.82) is 0 Å². The Balaban J connectivity index is 1.31. The maximum Gasteiger partial charge on any atom is 0.0477 e. The highest BCUT2D eigenvalue weighted by Crippen LogP contribution is 2.40. The van der Waals surface area contributed by atoms with E-state index in [1.165, 1.54) is 67.5 Å². The first-order valence-electron chi connectivity index (χ1n) is 18.3. The number of rotatable bonds is 10. The molecule has 250 valence electrons. The molecule has 45 heavy (non-hydrogen) atoms. The van der Waals surface area contributed by atoms with Crippen molar-refractivity contribution in [2.24, 2.45) is 10.9 Å². The second kappa shape index (κ2) is 15.9. The number of piperazine rings is 1. The van der Waals surface area contributed by atoms with Crippen LogP contribution in [-0.2, 0) is 0 Å². The molecule has 3 saturated heterocycles. The summed E-state index contributed by atoms with van der Waals surface area (Å²) in [4.78, 5) is 13.0. The lowest BCUT2D eigenvalue weighted by Crippen LogP contribution is -2.68. The number of hydrazine groups is 1. The van der Waals surface area contributed by atoms with Gasteiger partial charge in [0.15, 0.2) is 0 Å². The Hall–Kier alpha value is -2.51. The van der Waals surface area contributed by atoms with Crippen LogP contribution >= 0.6 is 0 Å². The van der Waals surface area contributed by atoms with Gasteiger partial charge in [0, 0.05) is 105 Å². The van der Waals surface area contributed by atoms with Gasteiger partial charge in [-0.2, -0.15) is 0 Å². The van der Waals surface area contributed by atoms with Crippen LogP contribution in [0.2, 0.25) is 0 Å². The molecule has 5 unspecified atom stereocenters. The summed E-state index contributed by atoms with van der Waals surface area (Å²) in [6.07, 6.45) is 18.6. The number of hydrogen-bond acceptors (Lipinski definition) is 7. The molecule has 5 aliphatic rings. The lowest BCUT2D eigenvalue weighted by molar-refractivity contribution is -0.0227. The van der Waals surface area contributed by atoms with Crippen LogP contribution < -0.4 is 10.7 Å². The van der Waals surface area contributed by atoms with Crippen LogP contribution in [0.1, 0.15) is 98.8 Å². The Morgan fingerprint density at radius 2 is 1.89 bits per heavy atom. The molecule has 0 saturated carbocycles. The summed E-state index contributed by atoms with van der Waals surface area (Å²) in [5.74, 6) is 0.500. The van der Waals surface area contributed by atoms with Crippen molar-refractivity contribution in [3.05, 3.63) is 59.2 Å². The molecule has 0 spiro atoms. The molecule has 0 aromatic rings. The third-order valence-electron chi connectivity index (χ3n) is 11.2. The molecule has 7 heteroatoms. The second-order valence-electron chi connectivity index (χ2n) is 14.3. The summed E-state index contributed by atoms with van der Waals surface area (Å²) in [7, 11) is 0. The van der Waals surface area contributed by atoms with Crippen molar-refractivity contribution in [2.75, 3.05) is 45.8 Å². The molecular formula is C38H63N7. The first-order chi connectivity index (χ1) is 21.9. The highest BCUT2D eigenvalue weighted by Gasteiger charge is 2.45. The molecule has 0 aromatic heterocycles. The maximum absolute atomic E-state index is 5.17. The van der Waals surface area contributed by atoms with E-state index in [0.717, 1.165) is 70.8 Å². The quantitative estimate of drug-likeness (QED) is 0.269. The van der Waals surface area contributed by atoms with Crippen LogP contribution in [0.3, 0.4) is 0 Å². The van der Waals surface area contributed by atoms with Crippen molar-refractivity contribution in [1.82, 2.24) is 30.5 Å². The largest absolute Gasteiger partial charge is 0.388 e. The van der Waals surface area contributed by atoms with E-state index >= 15 is 0 Å². The zero-order valence-electron chi connectivity index (χ0n) is 29.3. The molecule has 0 amide bonds. The van der Waals surface area contributed by atoms with Crippen molar-refractivity contribution in [3.8, 4) is 0 Å². The number of aliphatic imine (C=N–C) groups is 1. The van der Waals surface area contributed by atoms with Crippen LogP contribution in [0.4, 0.5) is 0 Å². The Morgan fingerprint density at radius 1 is 1.09 bits per heavy atom. The lowest BCUT2D eigenvalue weighted by atomic mass is 9.89. The van der Waals surface area contributed by atoms with E-state index in [2.05, 4.69) is 90.5 Å². The molecule has 0 aromatic carbocycles. The fourth-order valence-corrected chi connectivity index (χ4v) is 8.62. The molecule has 2 N–H and O–H groups in total. The molecular weight excluding hydrogens is 554 g/mol. The predicted octanol–water partition coefficient (Wildman–Crippen LogP) is 6.61. The van der Waals surface area contributed by atoms with Crippen LogP contribution in [0.25, 0.3) is 0 Å². The minimum absolute atomic E-state index is 0.287. The summed E-state index contributed by atoms with van der Waals surface area (Å²) < 4.78 is 0. The molecule has 0 bridgehead atoms. The van der Waals surface area contributed by atoms with Gasteiger partial charge in [0.05, 0.1) is 0 Å². The molecule has 0 aliphatic carbocycles. The summed E-state index contributed by atoms with van der Waals surface area (Å²) in [5.41, 5.74) is 12.2. The SMILES string of the molecule is C=CC(=C)N1CCN(C2CN3C4=CC=NC(C)CC(C5=C(C)CNN5C(CCC)CCCC)CCNC(C)=C4CCCC23)CC1. The Kier molecular flexibility index (Phi) is 11.9. The summed E-state index contributed by atoms with van der Waals surface area (Å²) in [5, 5.41) is 6.55. The van der Waals surface area contributed by atoms with E-state index < -0.39 is 0 Å². The van der Waals surface area contributed by atoms with E-state index in [9.17, 15) is 0 Å². The number of fused-ring (bicyclic) bond motifs is 3. The number of allylic oxidation sites excluding steroid dienone is 5. The van der Waals surface area contributed by atoms with Gasteiger partial charge in [0.25, 0.3) is 0 Å². The molecule has 3 fully saturated rings. The molecule has 5 atom stereocenters. The Morgan fingerprint density at radius 3 is 2.62 bits per heavy atom. The van der Waals surface area contributed by atoms with E-state index in [-0.39, 0.29) is 6.04 Å². The van der Waals surface area contributed by atoms with E-state index in [1.807, 2.05) is 6.08 Å². The van der Waals surface area contributed by atoms with Crippen molar-refractivity contribution in [3.63, 3.8) is 0 Å². The molecule has 0 radical (unpaired) electrons. The summed E-state index contributed by atoms with van der Waals surface area (Å²) in [6, 6.07) is 2.11. The van der Waals surface area contributed by atoms with Gasteiger partial charge < -0.3 is 20.1 Å². The predicted molar refractivity (Wildman–Crippen MR) is 191 cm³/mol. The average Bonchev–Trinajstić information content (AvgIpc) is 3.35. The molecule has 7 nitrogen and oxygen atoms in total. The van der Waals surface area contributed by atoms with Gasteiger partial charge in [-0.3, -0.25) is 9.89 Å². The van der Waals surface area contributed by atoms with Crippen molar-refractivity contribution >= 4 is 6.21 Å². The zero-order valence-corrected chi connectivity index (χ0v) is 29.3. The molecule has 5 heterocycles. The van der Waals surface area contributed by atoms with Crippen molar-refractivity contribution in [2.45, 2.75) is 123 Å². The topological polar surface area (TPSA) is 49.4 Å². The normalized spacial score (nSPS) is 29.1. The highest BCUT2D eigenvalue weighted by atomic mass is 15.5. The van der Waals surface area contributed by atoms with E-state index in [1.54, 1.807) is 5.70 Å². The zero-order chi connectivity index (χ0) is 31.9. The first kappa shape index (κ1) is 33.8. The van der Waals surface area contributed by atoms with Crippen LogP contribution in [0.5, 0.6) is 0 Å². The monoisotopic (exact) mass is 618 g/mol. The molecule has 5 rings (SSSR count). The van der Waals surface area contributed by atoms with Crippen molar-refractivity contribution < 1.29 is 0 Å². The van der Waals surface area contributed by atoms with Gasteiger partial charge in [-0.1, -0.05) is 46.3 Å². The van der Waals surface area contributed by atoms with Gasteiger partial charge in [-0.05, 0) is 89.0 Å². The minimum Gasteiger partial charge on any atom is -0.388 e. The Bertz CT molecular complexity index is 1160. The number of unbranched alkanes of at least 4 members (excludes halogenated alkanes) is 1. The summed E-state index contributed by atoms with van der Waals surface area (Å²) >= 11 is 0. The van der Waals surface area contributed by atoms with Gasteiger partial charge >= 0.3 is 0 Å². The lowest BCUT2D eigenvalue weighted by Gasteiger charge is -2.55. The maximum atomic E-state index is 5.17. The second-order valence-corrected chi connectivity index (χ2v) is 14.3. The number of nitrogens with zero attached hydrogens (tertiary/aromatic N) is 5. The van der Waals surface area contributed by atoms with Gasteiger partial charge in [0.2, 0.25) is 0 Å².